The van der Waals surface area contributed by atoms with E-state index >= 15 is 0 Å². The first kappa shape index (κ1) is 13.8. The van der Waals surface area contributed by atoms with Gasteiger partial charge >= 0.3 is 0 Å². The lowest BCUT2D eigenvalue weighted by atomic mass is 9.78. The molecular weight excluding hydrogens is 238 g/mol. The van der Waals surface area contributed by atoms with Gasteiger partial charge in [0.2, 0.25) is 0 Å². The predicted molar refractivity (Wildman–Crippen MR) is 76.8 cm³/mol. The van der Waals surface area contributed by atoms with Crippen molar-refractivity contribution in [1.82, 2.24) is 10.3 Å². The van der Waals surface area contributed by atoms with Gasteiger partial charge in [-0.3, -0.25) is 4.79 Å². The zero-order chi connectivity index (χ0) is 14.0. The van der Waals surface area contributed by atoms with Gasteiger partial charge in [-0.25, -0.2) is 4.98 Å². The Morgan fingerprint density at radius 2 is 2.11 bits per heavy atom. The predicted octanol–water partition coefficient (Wildman–Crippen LogP) is 2.53. The Bertz CT molecular complexity index is 452. The molecule has 4 nitrogen and oxygen atoms in total. The van der Waals surface area contributed by atoms with Gasteiger partial charge in [0.15, 0.2) is 0 Å². The van der Waals surface area contributed by atoms with Crippen LogP contribution in [-0.2, 0) is 0 Å². The van der Waals surface area contributed by atoms with Crippen molar-refractivity contribution in [2.24, 2.45) is 11.8 Å². The Morgan fingerprint density at radius 1 is 1.37 bits per heavy atom. The fourth-order valence-corrected chi connectivity index (χ4v) is 2.86. The number of anilines is 1. The lowest BCUT2D eigenvalue weighted by Gasteiger charge is -2.34. The van der Waals surface area contributed by atoms with E-state index in [1.807, 2.05) is 6.92 Å². The van der Waals surface area contributed by atoms with Crippen molar-refractivity contribution in [2.75, 3.05) is 5.73 Å². The second kappa shape index (κ2) is 5.59. The van der Waals surface area contributed by atoms with Crippen LogP contribution < -0.4 is 11.1 Å². The lowest BCUT2D eigenvalue weighted by molar-refractivity contribution is 0.0891. The summed E-state index contributed by atoms with van der Waals surface area (Å²) in [5.74, 6) is 1.56. The minimum absolute atomic E-state index is 0.0387. The highest BCUT2D eigenvalue weighted by Gasteiger charge is 2.28. The number of nitrogen functional groups attached to an aromatic ring is 1. The Morgan fingerprint density at radius 3 is 2.79 bits per heavy atom. The molecule has 2 rings (SSSR count). The van der Waals surface area contributed by atoms with Crippen molar-refractivity contribution in [3.8, 4) is 0 Å². The molecule has 0 saturated heterocycles. The molecule has 0 aliphatic heterocycles. The number of hydrogen-bond donors (Lipinski definition) is 2. The number of nitrogens with two attached hydrogens (primary N) is 1. The van der Waals surface area contributed by atoms with Crippen LogP contribution in [0.3, 0.4) is 0 Å². The van der Waals surface area contributed by atoms with Crippen LogP contribution in [0.25, 0.3) is 0 Å². The summed E-state index contributed by atoms with van der Waals surface area (Å²) in [6.07, 6.45) is 3.51. The molecule has 104 valence electrons. The summed E-state index contributed by atoms with van der Waals surface area (Å²) in [7, 11) is 0. The minimum atomic E-state index is -0.0387. The maximum Gasteiger partial charge on any atom is 0.251 e. The largest absolute Gasteiger partial charge is 0.384 e. The van der Waals surface area contributed by atoms with Gasteiger partial charge in [-0.15, -0.1) is 0 Å². The average molecular weight is 261 g/mol. The van der Waals surface area contributed by atoms with E-state index in [1.165, 1.54) is 12.8 Å². The van der Waals surface area contributed by atoms with E-state index in [4.69, 9.17) is 5.73 Å². The molecule has 0 spiro atoms. The van der Waals surface area contributed by atoms with Crippen molar-refractivity contribution >= 4 is 11.7 Å². The van der Waals surface area contributed by atoms with Crippen LogP contribution >= 0.6 is 0 Å². The molecule has 1 amide bonds. The molecule has 3 unspecified atom stereocenters. The van der Waals surface area contributed by atoms with E-state index in [0.29, 0.717) is 23.2 Å². The monoisotopic (exact) mass is 261 g/mol. The highest BCUT2D eigenvalue weighted by atomic mass is 16.1. The van der Waals surface area contributed by atoms with E-state index in [2.05, 4.69) is 24.1 Å². The van der Waals surface area contributed by atoms with E-state index in [1.54, 1.807) is 12.1 Å². The first-order valence-corrected chi connectivity index (χ1v) is 7.02. The molecule has 0 radical (unpaired) electrons. The molecule has 19 heavy (non-hydrogen) atoms. The third-order valence-electron chi connectivity index (χ3n) is 4.26. The molecule has 1 aliphatic carbocycles. The van der Waals surface area contributed by atoms with Gasteiger partial charge in [-0.05, 0) is 37.3 Å². The zero-order valence-electron chi connectivity index (χ0n) is 11.9. The van der Waals surface area contributed by atoms with Gasteiger partial charge in [0, 0.05) is 17.3 Å². The molecule has 0 bridgehead atoms. The Hall–Kier alpha value is -1.58. The topological polar surface area (TPSA) is 68.0 Å². The molecule has 1 aliphatic rings. The summed E-state index contributed by atoms with van der Waals surface area (Å²) in [6.45, 7) is 6.33. The molecule has 1 aromatic heterocycles. The van der Waals surface area contributed by atoms with Crippen LogP contribution in [0.4, 0.5) is 5.82 Å². The van der Waals surface area contributed by atoms with Gasteiger partial charge in [-0.2, -0.15) is 0 Å². The number of nitrogens with zero attached hydrogens (tertiary/aromatic N) is 1. The van der Waals surface area contributed by atoms with Gasteiger partial charge in [0.25, 0.3) is 5.91 Å². The Kier molecular flexibility index (Phi) is 4.08. The van der Waals surface area contributed by atoms with Gasteiger partial charge < -0.3 is 11.1 Å². The molecule has 4 heteroatoms. The molecule has 3 N–H and O–H groups in total. The number of rotatable bonds is 2. The number of carbonyl (C=O) groups excluding carboxylic acids is 1. The molecule has 1 fully saturated rings. The second-order valence-electron chi connectivity index (χ2n) is 5.77. The minimum Gasteiger partial charge on any atom is -0.384 e. The summed E-state index contributed by atoms with van der Waals surface area (Å²) in [4.78, 5) is 16.4. The summed E-state index contributed by atoms with van der Waals surface area (Å²) < 4.78 is 0. The van der Waals surface area contributed by atoms with Crippen LogP contribution in [-0.4, -0.2) is 16.9 Å². The van der Waals surface area contributed by atoms with E-state index in [-0.39, 0.29) is 11.9 Å². The molecular formula is C15H23N3O. The average Bonchev–Trinajstić information content (AvgIpc) is 2.33. The fourth-order valence-electron chi connectivity index (χ4n) is 2.86. The smallest absolute Gasteiger partial charge is 0.251 e. The number of nitrogens with one attached hydrogen (secondary N) is 1. The highest BCUT2D eigenvalue weighted by Crippen LogP contribution is 2.29. The summed E-state index contributed by atoms with van der Waals surface area (Å²) in [5, 5.41) is 3.15. The first-order chi connectivity index (χ1) is 8.97. The quantitative estimate of drug-likeness (QED) is 0.859. The SMILES string of the molecule is Cc1cc(C(=O)NC2CCCC(C)C2C)cc(N)n1. The third-order valence-corrected chi connectivity index (χ3v) is 4.26. The highest BCUT2D eigenvalue weighted by molar-refractivity contribution is 5.95. The van der Waals surface area contributed by atoms with Gasteiger partial charge in [-0.1, -0.05) is 26.7 Å². The first-order valence-electron chi connectivity index (χ1n) is 7.02. The third kappa shape index (κ3) is 3.25. The molecule has 1 heterocycles. The lowest BCUT2D eigenvalue weighted by Crippen LogP contribution is -2.43. The van der Waals surface area contributed by atoms with E-state index in [0.717, 1.165) is 12.1 Å². The summed E-state index contributed by atoms with van der Waals surface area (Å²) in [5.41, 5.74) is 7.07. The molecule has 0 aromatic carbocycles. The zero-order valence-corrected chi connectivity index (χ0v) is 11.9. The van der Waals surface area contributed by atoms with Crippen molar-refractivity contribution < 1.29 is 4.79 Å². The van der Waals surface area contributed by atoms with Crippen molar-refractivity contribution in [3.63, 3.8) is 0 Å². The summed E-state index contributed by atoms with van der Waals surface area (Å²) >= 11 is 0. The van der Waals surface area contributed by atoms with Gasteiger partial charge in [0.05, 0.1) is 0 Å². The number of aryl methyl sites for hydroxylation is 1. The van der Waals surface area contributed by atoms with E-state index < -0.39 is 0 Å². The molecule has 1 aromatic rings. The maximum atomic E-state index is 12.3. The van der Waals surface area contributed by atoms with Crippen LogP contribution in [0.5, 0.6) is 0 Å². The molecule has 3 atom stereocenters. The Balaban J connectivity index is 2.08. The van der Waals surface area contributed by atoms with Crippen LogP contribution in [0.15, 0.2) is 12.1 Å². The van der Waals surface area contributed by atoms with Crippen LogP contribution in [0.1, 0.15) is 49.2 Å². The van der Waals surface area contributed by atoms with Gasteiger partial charge in [0.1, 0.15) is 5.82 Å². The number of carbonyl (C=O) groups is 1. The number of pyridine rings is 1. The van der Waals surface area contributed by atoms with Crippen molar-refractivity contribution in [2.45, 2.75) is 46.1 Å². The number of hydrogen-bond acceptors (Lipinski definition) is 3. The van der Waals surface area contributed by atoms with E-state index in [9.17, 15) is 4.79 Å². The summed E-state index contributed by atoms with van der Waals surface area (Å²) in [6, 6.07) is 3.69. The van der Waals surface area contributed by atoms with Crippen molar-refractivity contribution in [3.05, 3.63) is 23.4 Å². The fraction of sp³-hybridized carbons (Fsp3) is 0.600. The van der Waals surface area contributed by atoms with Crippen LogP contribution in [0.2, 0.25) is 0 Å². The van der Waals surface area contributed by atoms with Crippen molar-refractivity contribution in [1.29, 1.82) is 0 Å². The standard InChI is InChI=1S/C15H23N3O/c1-9-5-4-6-13(11(9)3)18-15(19)12-7-10(2)17-14(16)8-12/h7-9,11,13H,4-6H2,1-3H3,(H2,16,17)(H,18,19). The second-order valence-corrected chi connectivity index (χ2v) is 5.77. The number of amides is 1. The van der Waals surface area contributed by atoms with Crippen LogP contribution in [0, 0.1) is 18.8 Å². The molecule has 1 saturated carbocycles. The maximum absolute atomic E-state index is 12.3. The Labute approximate surface area is 114 Å². The normalized spacial score (nSPS) is 27.0. The number of aromatic nitrogens is 1.